The van der Waals surface area contributed by atoms with E-state index in [1.165, 1.54) is 0 Å². The van der Waals surface area contributed by atoms with E-state index >= 15 is 0 Å². The molecule has 17 heavy (non-hydrogen) atoms. The Morgan fingerprint density at radius 1 is 1.41 bits per heavy atom. The summed E-state index contributed by atoms with van der Waals surface area (Å²) in [5, 5.41) is 0. The van der Waals surface area contributed by atoms with Crippen molar-refractivity contribution in [2.75, 3.05) is 18.6 Å². The SMILES string of the molecule is Cc1cc(Br)cc2c1OCC(C)(C)C(=O)N2C. The summed E-state index contributed by atoms with van der Waals surface area (Å²) in [6.45, 7) is 6.20. The van der Waals surface area contributed by atoms with Crippen LogP contribution in [0.1, 0.15) is 19.4 Å². The average Bonchev–Trinajstić information content (AvgIpc) is 2.31. The van der Waals surface area contributed by atoms with Gasteiger partial charge in [0.2, 0.25) is 5.91 Å². The van der Waals surface area contributed by atoms with Crippen LogP contribution in [0.15, 0.2) is 16.6 Å². The summed E-state index contributed by atoms with van der Waals surface area (Å²) >= 11 is 3.45. The zero-order valence-corrected chi connectivity index (χ0v) is 12.1. The van der Waals surface area contributed by atoms with Crippen LogP contribution in [0.3, 0.4) is 0 Å². The van der Waals surface area contributed by atoms with Gasteiger partial charge in [-0.05, 0) is 38.5 Å². The molecule has 0 fully saturated rings. The van der Waals surface area contributed by atoms with Crippen molar-refractivity contribution >= 4 is 27.5 Å². The smallest absolute Gasteiger partial charge is 0.235 e. The second kappa shape index (κ2) is 4.02. The number of hydrogen-bond donors (Lipinski definition) is 0. The van der Waals surface area contributed by atoms with Gasteiger partial charge in [0.05, 0.1) is 11.1 Å². The van der Waals surface area contributed by atoms with Gasteiger partial charge in [0, 0.05) is 11.5 Å². The molecule has 3 nitrogen and oxygen atoms in total. The minimum Gasteiger partial charge on any atom is -0.490 e. The highest BCUT2D eigenvalue weighted by molar-refractivity contribution is 9.10. The molecule has 0 aromatic heterocycles. The fraction of sp³-hybridized carbons (Fsp3) is 0.462. The number of nitrogens with zero attached hydrogens (tertiary/aromatic N) is 1. The number of benzene rings is 1. The summed E-state index contributed by atoms with van der Waals surface area (Å²) in [5.41, 5.74) is 1.37. The largest absolute Gasteiger partial charge is 0.490 e. The van der Waals surface area contributed by atoms with E-state index in [2.05, 4.69) is 15.9 Å². The second-order valence-corrected chi connectivity index (χ2v) is 6.02. The van der Waals surface area contributed by atoms with Gasteiger partial charge in [0.15, 0.2) is 0 Å². The molecule has 1 heterocycles. The Bertz CT molecular complexity index is 483. The first-order chi connectivity index (χ1) is 7.83. The third-order valence-corrected chi connectivity index (χ3v) is 3.50. The first-order valence-corrected chi connectivity index (χ1v) is 6.33. The van der Waals surface area contributed by atoms with Crippen LogP contribution in [0.5, 0.6) is 5.75 Å². The van der Waals surface area contributed by atoms with E-state index < -0.39 is 5.41 Å². The number of halogens is 1. The highest BCUT2D eigenvalue weighted by atomic mass is 79.9. The molecule has 1 aromatic rings. The van der Waals surface area contributed by atoms with Crippen LogP contribution in [-0.4, -0.2) is 19.6 Å². The Morgan fingerprint density at radius 2 is 2.06 bits per heavy atom. The molecule has 0 aliphatic carbocycles. The van der Waals surface area contributed by atoms with Gasteiger partial charge in [-0.25, -0.2) is 0 Å². The minimum absolute atomic E-state index is 0.0775. The van der Waals surface area contributed by atoms with Crippen molar-refractivity contribution in [3.8, 4) is 5.75 Å². The summed E-state index contributed by atoms with van der Waals surface area (Å²) in [6, 6.07) is 3.91. The van der Waals surface area contributed by atoms with Gasteiger partial charge in [-0.3, -0.25) is 4.79 Å². The fourth-order valence-electron chi connectivity index (χ4n) is 2.03. The zero-order chi connectivity index (χ0) is 12.8. The molecule has 1 aliphatic heterocycles. The third-order valence-electron chi connectivity index (χ3n) is 3.04. The molecule has 2 rings (SSSR count). The summed E-state index contributed by atoms with van der Waals surface area (Å²) in [7, 11) is 1.80. The second-order valence-electron chi connectivity index (χ2n) is 5.11. The Kier molecular flexibility index (Phi) is 2.94. The van der Waals surface area contributed by atoms with E-state index in [4.69, 9.17) is 4.74 Å². The van der Waals surface area contributed by atoms with Gasteiger partial charge in [-0.1, -0.05) is 15.9 Å². The molecule has 0 unspecified atom stereocenters. The number of aryl methyl sites for hydroxylation is 1. The molecule has 92 valence electrons. The number of ether oxygens (including phenoxy) is 1. The lowest BCUT2D eigenvalue weighted by atomic mass is 9.93. The summed E-state index contributed by atoms with van der Waals surface area (Å²) in [5.74, 6) is 0.878. The first kappa shape index (κ1) is 12.4. The Morgan fingerprint density at radius 3 is 2.71 bits per heavy atom. The third kappa shape index (κ3) is 2.06. The van der Waals surface area contributed by atoms with Crippen LogP contribution in [0.4, 0.5) is 5.69 Å². The maximum absolute atomic E-state index is 12.3. The zero-order valence-electron chi connectivity index (χ0n) is 10.5. The topological polar surface area (TPSA) is 29.5 Å². The molecule has 0 atom stereocenters. The predicted molar refractivity (Wildman–Crippen MR) is 71.6 cm³/mol. The van der Waals surface area contributed by atoms with Crippen molar-refractivity contribution < 1.29 is 9.53 Å². The molecule has 0 radical (unpaired) electrons. The van der Waals surface area contributed by atoms with Gasteiger partial charge in [-0.15, -0.1) is 0 Å². The van der Waals surface area contributed by atoms with Crippen molar-refractivity contribution in [2.24, 2.45) is 5.41 Å². The lowest BCUT2D eigenvalue weighted by molar-refractivity contribution is -0.127. The van der Waals surface area contributed by atoms with Crippen LogP contribution < -0.4 is 9.64 Å². The molecule has 0 spiro atoms. The first-order valence-electron chi connectivity index (χ1n) is 5.54. The average molecular weight is 298 g/mol. The van der Waals surface area contributed by atoms with Crippen molar-refractivity contribution in [2.45, 2.75) is 20.8 Å². The molecule has 1 aliphatic rings. The predicted octanol–water partition coefficient (Wildman–Crippen LogP) is 3.14. The van der Waals surface area contributed by atoms with Gasteiger partial charge in [0.25, 0.3) is 0 Å². The van der Waals surface area contributed by atoms with Crippen LogP contribution >= 0.6 is 15.9 Å². The van der Waals surface area contributed by atoms with Gasteiger partial charge < -0.3 is 9.64 Å². The molecule has 1 aromatic carbocycles. The number of carbonyl (C=O) groups is 1. The molecule has 1 amide bonds. The molecule has 0 saturated carbocycles. The number of anilines is 1. The number of fused-ring (bicyclic) bond motifs is 1. The monoisotopic (exact) mass is 297 g/mol. The lowest BCUT2D eigenvalue weighted by Gasteiger charge is -2.24. The Balaban J connectivity index is 2.59. The van der Waals surface area contributed by atoms with Crippen LogP contribution in [-0.2, 0) is 4.79 Å². The minimum atomic E-state index is -0.493. The lowest BCUT2D eigenvalue weighted by Crippen LogP contribution is -2.39. The van der Waals surface area contributed by atoms with Crippen molar-refractivity contribution in [1.82, 2.24) is 0 Å². The normalized spacial score (nSPS) is 18.4. The Hall–Kier alpha value is -1.03. The highest BCUT2D eigenvalue weighted by Gasteiger charge is 2.36. The Labute approximate surface area is 110 Å². The maximum Gasteiger partial charge on any atom is 0.235 e. The van der Waals surface area contributed by atoms with E-state index in [1.54, 1.807) is 11.9 Å². The molecule has 0 bridgehead atoms. The van der Waals surface area contributed by atoms with E-state index in [1.807, 2.05) is 32.9 Å². The van der Waals surface area contributed by atoms with E-state index in [0.29, 0.717) is 6.61 Å². The summed E-state index contributed by atoms with van der Waals surface area (Å²) in [6.07, 6.45) is 0. The van der Waals surface area contributed by atoms with E-state index in [9.17, 15) is 4.79 Å². The van der Waals surface area contributed by atoms with Gasteiger partial charge in [-0.2, -0.15) is 0 Å². The standard InChI is InChI=1S/C13H16BrNO2/c1-8-5-9(14)6-10-11(8)17-7-13(2,3)12(16)15(10)4/h5-6H,7H2,1-4H3. The van der Waals surface area contributed by atoms with E-state index in [-0.39, 0.29) is 5.91 Å². The molecule has 0 N–H and O–H groups in total. The quantitative estimate of drug-likeness (QED) is 0.736. The molecule has 0 saturated heterocycles. The maximum atomic E-state index is 12.3. The van der Waals surface area contributed by atoms with Crippen molar-refractivity contribution in [1.29, 1.82) is 0 Å². The van der Waals surface area contributed by atoms with Gasteiger partial charge in [0.1, 0.15) is 12.4 Å². The molecular weight excluding hydrogens is 282 g/mol. The molecule has 4 heteroatoms. The number of hydrogen-bond acceptors (Lipinski definition) is 2. The van der Waals surface area contributed by atoms with Gasteiger partial charge >= 0.3 is 0 Å². The van der Waals surface area contributed by atoms with Crippen LogP contribution in [0.25, 0.3) is 0 Å². The number of rotatable bonds is 0. The highest BCUT2D eigenvalue weighted by Crippen LogP contribution is 2.39. The van der Waals surface area contributed by atoms with Crippen LogP contribution in [0, 0.1) is 12.3 Å². The van der Waals surface area contributed by atoms with Crippen molar-refractivity contribution in [3.05, 3.63) is 22.2 Å². The molecular formula is C13H16BrNO2. The van der Waals surface area contributed by atoms with Crippen LogP contribution in [0.2, 0.25) is 0 Å². The van der Waals surface area contributed by atoms with Crippen molar-refractivity contribution in [3.63, 3.8) is 0 Å². The number of amides is 1. The summed E-state index contributed by atoms with van der Waals surface area (Å²) < 4.78 is 6.76. The fourth-order valence-corrected chi connectivity index (χ4v) is 2.59. The number of carbonyl (C=O) groups excluding carboxylic acids is 1. The van der Waals surface area contributed by atoms with E-state index in [0.717, 1.165) is 21.5 Å². The summed E-state index contributed by atoms with van der Waals surface area (Å²) in [4.78, 5) is 14.0.